The molecule has 1 aromatic carbocycles. The number of esters is 1. The van der Waals surface area contributed by atoms with Crippen LogP contribution in [0.15, 0.2) is 18.2 Å². The maximum Gasteiger partial charge on any atom is 0.316 e. The van der Waals surface area contributed by atoms with E-state index < -0.39 is 5.60 Å². The highest BCUT2D eigenvalue weighted by Crippen LogP contribution is 2.22. The second-order valence-corrected chi connectivity index (χ2v) is 6.39. The molecule has 0 saturated heterocycles. The Balaban J connectivity index is 2.46. The van der Waals surface area contributed by atoms with Crippen molar-refractivity contribution in [3.63, 3.8) is 0 Å². The van der Waals surface area contributed by atoms with E-state index in [0.717, 1.165) is 5.56 Å². The summed E-state index contributed by atoms with van der Waals surface area (Å²) in [6.07, 6.45) is 0. The van der Waals surface area contributed by atoms with Crippen molar-refractivity contribution in [1.82, 2.24) is 0 Å². The first-order valence-corrected chi connectivity index (χ1v) is 7.33. The van der Waals surface area contributed by atoms with Crippen molar-refractivity contribution < 1.29 is 9.53 Å². The van der Waals surface area contributed by atoms with Crippen LogP contribution in [-0.4, -0.2) is 17.3 Å². The van der Waals surface area contributed by atoms with Crippen LogP contribution in [0, 0.1) is 11.3 Å². The Hall–Kier alpha value is -1.18. The number of carbonyl (C=O) groups excluding carboxylic acids is 1. The highest BCUT2D eigenvalue weighted by molar-refractivity contribution is 7.99. The van der Waals surface area contributed by atoms with Gasteiger partial charge in [-0.3, -0.25) is 4.79 Å². The van der Waals surface area contributed by atoms with E-state index in [1.54, 1.807) is 12.1 Å². The van der Waals surface area contributed by atoms with Crippen molar-refractivity contribution in [2.45, 2.75) is 32.1 Å². The molecular weight excluding hydrogens is 282 g/mol. The van der Waals surface area contributed by atoms with Gasteiger partial charge in [0.15, 0.2) is 0 Å². The fourth-order valence-corrected chi connectivity index (χ4v) is 2.48. The number of carbonyl (C=O) groups is 1. The van der Waals surface area contributed by atoms with E-state index in [0.29, 0.717) is 16.3 Å². The lowest BCUT2D eigenvalue weighted by Gasteiger charge is -2.19. The molecule has 5 heteroatoms. The Morgan fingerprint density at radius 2 is 2.16 bits per heavy atom. The zero-order valence-electron chi connectivity index (χ0n) is 11.2. The first-order valence-electron chi connectivity index (χ1n) is 5.80. The summed E-state index contributed by atoms with van der Waals surface area (Å²) >= 11 is 7.49. The van der Waals surface area contributed by atoms with Crippen molar-refractivity contribution >= 4 is 29.3 Å². The van der Waals surface area contributed by atoms with E-state index in [1.807, 2.05) is 32.9 Å². The van der Waals surface area contributed by atoms with Gasteiger partial charge in [0.25, 0.3) is 0 Å². The average molecular weight is 298 g/mol. The summed E-state index contributed by atoms with van der Waals surface area (Å²) < 4.78 is 5.21. The fraction of sp³-hybridized carbons (Fsp3) is 0.429. The van der Waals surface area contributed by atoms with Gasteiger partial charge < -0.3 is 4.74 Å². The molecule has 1 aromatic rings. The Morgan fingerprint density at radius 1 is 1.47 bits per heavy atom. The summed E-state index contributed by atoms with van der Waals surface area (Å²) in [4.78, 5) is 11.5. The first-order chi connectivity index (χ1) is 8.81. The molecule has 0 heterocycles. The van der Waals surface area contributed by atoms with Crippen molar-refractivity contribution in [3.05, 3.63) is 34.3 Å². The Kier molecular flexibility index (Phi) is 5.71. The van der Waals surface area contributed by atoms with Crippen LogP contribution in [0.1, 0.15) is 31.9 Å². The molecule has 0 saturated carbocycles. The van der Waals surface area contributed by atoms with Crippen LogP contribution >= 0.6 is 23.4 Å². The van der Waals surface area contributed by atoms with E-state index in [4.69, 9.17) is 21.6 Å². The van der Waals surface area contributed by atoms with Gasteiger partial charge >= 0.3 is 5.97 Å². The summed E-state index contributed by atoms with van der Waals surface area (Å²) in [5.41, 5.74) is 0.990. The SMILES string of the molecule is CC(C)(C)OC(=O)CSCc1ccc(C#N)cc1Cl. The van der Waals surface area contributed by atoms with E-state index in [9.17, 15) is 4.79 Å². The molecule has 0 bridgehead atoms. The molecule has 0 fully saturated rings. The number of nitriles is 1. The van der Waals surface area contributed by atoms with Gasteiger partial charge in [0.2, 0.25) is 0 Å². The minimum atomic E-state index is -0.455. The largest absolute Gasteiger partial charge is 0.459 e. The Morgan fingerprint density at radius 3 is 2.68 bits per heavy atom. The number of hydrogen-bond acceptors (Lipinski definition) is 4. The smallest absolute Gasteiger partial charge is 0.316 e. The van der Waals surface area contributed by atoms with Crippen LogP contribution in [-0.2, 0) is 15.3 Å². The zero-order chi connectivity index (χ0) is 14.5. The van der Waals surface area contributed by atoms with Gasteiger partial charge in [0.1, 0.15) is 5.60 Å². The van der Waals surface area contributed by atoms with Gasteiger partial charge in [-0.2, -0.15) is 5.26 Å². The lowest BCUT2D eigenvalue weighted by molar-refractivity contribution is -0.151. The second-order valence-electron chi connectivity index (χ2n) is 5.00. The van der Waals surface area contributed by atoms with E-state index in [2.05, 4.69) is 0 Å². The number of hydrogen-bond donors (Lipinski definition) is 0. The molecule has 19 heavy (non-hydrogen) atoms. The van der Waals surface area contributed by atoms with E-state index in [1.165, 1.54) is 11.8 Å². The van der Waals surface area contributed by atoms with Crippen LogP contribution in [0.5, 0.6) is 0 Å². The molecule has 0 N–H and O–H groups in total. The van der Waals surface area contributed by atoms with Crippen LogP contribution in [0.4, 0.5) is 0 Å². The monoisotopic (exact) mass is 297 g/mol. The molecule has 0 aliphatic rings. The van der Waals surface area contributed by atoms with Crippen molar-refractivity contribution in [1.29, 1.82) is 5.26 Å². The Bertz CT molecular complexity index is 503. The predicted octanol–water partition coefficient (Wildman–Crippen LogP) is 3.79. The van der Waals surface area contributed by atoms with Gasteiger partial charge in [0, 0.05) is 10.8 Å². The van der Waals surface area contributed by atoms with E-state index >= 15 is 0 Å². The maximum absolute atomic E-state index is 11.5. The molecule has 0 spiro atoms. The molecule has 0 unspecified atom stereocenters. The molecule has 102 valence electrons. The Labute approximate surface area is 122 Å². The molecule has 0 radical (unpaired) electrons. The lowest BCUT2D eigenvalue weighted by Crippen LogP contribution is -2.24. The molecule has 0 aromatic heterocycles. The van der Waals surface area contributed by atoms with Crippen LogP contribution < -0.4 is 0 Å². The number of nitrogens with zero attached hydrogens (tertiary/aromatic N) is 1. The van der Waals surface area contributed by atoms with Crippen molar-refractivity contribution in [2.24, 2.45) is 0 Å². The van der Waals surface area contributed by atoms with E-state index in [-0.39, 0.29) is 11.7 Å². The normalized spacial score (nSPS) is 10.9. The van der Waals surface area contributed by atoms with Gasteiger partial charge in [-0.15, -0.1) is 11.8 Å². The third-order valence-corrected chi connectivity index (χ3v) is 3.39. The second kappa shape index (κ2) is 6.83. The number of rotatable bonds is 4. The van der Waals surface area contributed by atoms with Gasteiger partial charge in [-0.1, -0.05) is 17.7 Å². The van der Waals surface area contributed by atoms with Crippen LogP contribution in [0.3, 0.4) is 0 Å². The third kappa shape index (κ3) is 6.00. The van der Waals surface area contributed by atoms with Gasteiger partial charge in [-0.25, -0.2) is 0 Å². The molecular formula is C14H16ClNO2S. The highest BCUT2D eigenvalue weighted by Gasteiger charge is 2.16. The minimum absolute atomic E-state index is 0.234. The summed E-state index contributed by atoms with van der Waals surface area (Å²) in [6.45, 7) is 5.52. The molecule has 0 aliphatic heterocycles. The molecule has 0 atom stereocenters. The third-order valence-electron chi connectivity index (χ3n) is 2.08. The first kappa shape index (κ1) is 15.9. The molecule has 0 aliphatic carbocycles. The molecule has 3 nitrogen and oxygen atoms in total. The van der Waals surface area contributed by atoms with Gasteiger partial charge in [-0.05, 0) is 38.5 Å². The topological polar surface area (TPSA) is 50.1 Å². The lowest BCUT2D eigenvalue weighted by atomic mass is 10.2. The van der Waals surface area contributed by atoms with Gasteiger partial charge in [0.05, 0.1) is 17.4 Å². The molecule has 1 rings (SSSR count). The standard InChI is InChI=1S/C14H16ClNO2S/c1-14(2,3)18-13(17)9-19-8-11-5-4-10(7-16)6-12(11)15/h4-6H,8-9H2,1-3H3. The number of ether oxygens (including phenoxy) is 1. The number of thioether (sulfide) groups is 1. The predicted molar refractivity (Wildman–Crippen MR) is 78.2 cm³/mol. The summed E-state index contributed by atoms with van der Waals surface area (Å²) in [5.74, 6) is 0.666. The maximum atomic E-state index is 11.5. The summed E-state index contributed by atoms with van der Waals surface area (Å²) in [5, 5.41) is 9.29. The fourth-order valence-electron chi connectivity index (χ4n) is 1.35. The molecule has 0 amide bonds. The quantitative estimate of drug-likeness (QED) is 0.794. The minimum Gasteiger partial charge on any atom is -0.459 e. The zero-order valence-corrected chi connectivity index (χ0v) is 12.8. The van der Waals surface area contributed by atoms with Crippen molar-refractivity contribution in [3.8, 4) is 6.07 Å². The van der Waals surface area contributed by atoms with Crippen LogP contribution in [0.25, 0.3) is 0 Å². The summed E-state index contributed by atoms with van der Waals surface area (Å²) in [7, 11) is 0. The van der Waals surface area contributed by atoms with Crippen LogP contribution in [0.2, 0.25) is 5.02 Å². The van der Waals surface area contributed by atoms with Crippen molar-refractivity contribution in [2.75, 3.05) is 5.75 Å². The highest BCUT2D eigenvalue weighted by atomic mass is 35.5. The average Bonchev–Trinajstić information content (AvgIpc) is 2.28. The number of halogens is 1. The summed E-state index contributed by atoms with van der Waals surface area (Å²) in [6, 6.07) is 7.19. The number of benzene rings is 1.